The molecule has 2 atom stereocenters. The summed E-state index contributed by atoms with van der Waals surface area (Å²) in [4.78, 5) is 26.1. The summed E-state index contributed by atoms with van der Waals surface area (Å²) in [7, 11) is -3.45. The van der Waals surface area contributed by atoms with Crippen LogP contribution in [0.1, 0.15) is 15.9 Å². The van der Waals surface area contributed by atoms with E-state index in [1.807, 2.05) is 13.0 Å². The van der Waals surface area contributed by atoms with Gasteiger partial charge in [0.2, 0.25) is 10.0 Å². The van der Waals surface area contributed by atoms with Crippen molar-refractivity contribution in [1.82, 2.24) is 9.21 Å². The van der Waals surface area contributed by atoms with Gasteiger partial charge in [-0.1, -0.05) is 17.7 Å². The Kier molecular flexibility index (Phi) is 3.92. The Balaban J connectivity index is 1.86. The van der Waals surface area contributed by atoms with Crippen LogP contribution in [0.4, 0.5) is 0 Å². The largest absolute Gasteiger partial charge is 0.481 e. The van der Waals surface area contributed by atoms with Gasteiger partial charge in [-0.3, -0.25) is 9.59 Å². The van der Waals surface area contributed by atoms with Crippen LogP contribution in [-0.4, -0.2) is 67.0 Å². The number of carbonyl (C=O) groups excluding carboxylic acids is 1. The summed E-state index contributed by atoms with van der Waals surface area (Å²) >= 11 is 0. The van der Waals surface area contributed by atoms with E-state index in [0.717, 1.165) is 11.8 Å². The summed E-state index contributed by atoms with van der Waals surface area (Å²) in [6.45, 7) is 2.24. The van der Waals surface area contributed by atoms with Crippen molar-refractivity contribution in [2.45, 2.75) is 6.92 Å². The quantitative estimate of drug-likeness (QED) is 0.850. The summed E-state index contributed by atoms with van der Waals surface area (Å²) < 4.78 is 24.7. The first-order valence-corrected chi connectivity index (χ1v) is 9.53. The number of carboxylic acids is 1. The zero-order valence-corrected chi connectivity index (χ0v) is 14.4. The van der Waals surface area contributed by atoms with E-state index in [2.05, 4.69) is 0 Å². The molecule has 24 heavy (non-hydrogen) atoms. The van der Waals surface area contributed by atoms with Crippen molar-refractivity contribution in [3.8, 4) is 0 Å². The van der Waals surface area contributed by atoms with Gasteiger partial charge in [0.25, 0.3) is 5.91 Å². The lowest BCUT2D eigenvalue weighted by atomic mass is 9.81. The van der Waals surface area contributed by atoms with Crippen LogP contribution in [0.3, 0.4) is 0 Å². The Morgan fingerprint density at radius 3 is 2.50 bits per heavy atom. The van der Waals surface area contributed by atoms with Gasteiger partial charge in [0, 0.05) is 37.7 Å². The summed E-state index contributed by atoms with van der Waals surface area (Å²) in [5.74, 6) is -1.64. The molecule has 1 N–H and O–H groups in total. The van der Waals surface area contributed by atoms with Crippen LogP contribution in [0, 0.1) is 18.3 Å². The van der Waals surface area contributed by atoms with Crippen molar-refractivity contribution in [3.63, 3.8) is 0 Å². The lowest BCUT2D eigenvalue weighted by Crippen LogP contribution is -2.42. The van der Waals surface area contributed by atoms with Gasteiger partial charge in [-0.05, 0) is 19.1 Å². The predicted molar refractivity (Wildman–Crippen MR) is 87.1 cm³/mol. The van der Waals surface area contributed by atoms with Crippen LogP contribution in [0.25, 0.3) is 0 Å². The highest BCUT2D eigenvalue weighted by Crippen LogP contribution is 2.44. The molecule has 130 valence electrons. The van der Waals surface area contributed by atoms with Crippen LogP contribution in [0.5, 0.6) is 0 Å². The number of hydrogen-bond acceptors (Lipinski definition) is 4. The molecule has 0 bridgehead atoms. The lowest BCUT2D eigenvalue weighted by molar-refractivity contribution is -0.148. The second-order valence-electron chi connectivity index (χ2n) is 6.77. The number of benzene rings is 1. The van der Waals surface area contributed by atoms with Crippen molar-refractivity contribution >= 4 is 21.9 Å². The van der Waals surface area contributed by atoms with Gasteiger partial charge in [0.15, 0.2) is 0 Å². The minimum absolute atomic E-state index is 0.0335. The van der Waals surface area contributed by atoms with Gasteiger partial charge in [-0.15, -0.1) is 0 Å². The zero-order chi connectivity index (χ0) is 17.7. The Morgan fingerprint density at radius 2 is 1.96 bits per heavy atom. The van der Waals surface area contributed by atoms with E-state index in [1.54, 1.807) is 18.2 Å². The van der Waals surface area contributed by atoms with Crippen LogP contribution < -0.4 is 0 Å². The summed E-state index contributed by atoms with van der Waals surface area (Å²) in [6.07, 6.45) is 1.08. The molecule has 0 aliphatic carbocycles. The lowest BCUT2D eigenvalue weighted by Gasteiger charge is -2.24. The molecule has 2 aliphatic rings. The molecule has 8 heteroatoms. The van der Waals surface area contributed by atoms with Gasteiger partial charge in [-0.25, -0.2) is 12.7 Å². The van der Waals surface area contributed by atoms with E-state index in [9.17, 15) is 23.1 Å². The number of aryl methyl sites for hydroxylation is 1. The normalized spacial score (nSPS) is 27.2. The van der Waals surface area contributed by atoms with E-state index >= 15 is 0 Å². The molecule has 1 aromatic carbocycles. The number of hydrogen-bond donors (Lipinski definition) is 1. The monoisotopic (exact) mass is 352 g/mol. The van der Waals surface area contributed by atoms with E-state index < -0.39 is 27.3 Å². The first-order chi connectivity index (χ1) is 11.1. The van der Waals surface area contributed by atoms with E-state index in [-0.39, 0.29) is 32.1 Å². The molecule has 0 unspecified atom stereocenters. The Hall–Kier alpha value is -1.93. The number of likely N-dealkylation sites (tertiary alicyclic amines) is 1. The molecular weight excluding hydrogens is 332 g/mol. The second-order valence-corrected chi connectivity index (χ2v) is 8.75. The van der Waals surface area contributed by atoms with Gasteiger partial charge < -0.3 is 10.0 Å². The molecule has 2 aliphatic heterocycles. The molecule has 2 heterocycles. The average Bonchev–Trinajstić information content (AvgIpc) is 3.01. The third-order valence-electron chi connectivity index (χ3n) is 5.02. The molecule has 2 saturated heterocycles. The van der Waals surface area contributed by atoms with Gasteiger partial charge in [-0.2, -0.15) is 0 Å². The fourth-order valence-corrected chi connectivity index (χ4v) is 4.61. The maximum Gasteiger partial charge on any atom is 0.313 e. The molecule has 2 fully saturated rings. The number of amides is 1. The Labute approximate surface area is 140 Å². The SMILES string of the molecule is Cc1cccc(C(=O)N2C[C@H]3CN(S(C)(=O)=O)C[C@@]3(C(=O)O)C2)c1. The number of carboxylic acid groups (broad SMARTS) is 1. The topological polar surface area (TPSA) is 95.0 Å². The second kappa shape index (κ2) is 5.56. The maximum absolute atomic E-state index is 12.7. The Bertz CT molecular complexity index is 806. The van der Waals surface area contributed by atoms with Crippen molar-refractivity contribution in [2.75, 3.05) is 32.4 Å². The molecular formula is C16H20N2O5S. The van der Waals surface area contributed by atoms with E-state index in [1.165, 1.54) is 9.21 Å². The molecule has 3 rings (SSSR count). The molecule has 1 amide bonds. The number of sulfonamides is 1. The average molecular weight is 352 g/mol. The molecule has 1 aromatic rings. The van der Waals surface area contributed by atoms with E-state index in [4.69, 9.17) is 0 Å². The summed E-state index contributed by atoms with van der Waals surface area (Å²) in [6, 6.07) is 7.16. The van der Waals surface area contributed by atoms with Crippen LogP contribution >= 0.6 is 0 Å². The number of fused-ring (bicyclic) bond motifs is 1. The van der Waals surface area contributed by atoms with Crippen LogP contribution in [0.2, 0.25) is 0 Å². The minimum Gasteiger partial charge on any atom is -0.481 e. The minimum atomic E-state index is -3.45. The van der Waals surface area contributed by atoms with Crippen molar-refractivity contribution < 1.29 is 23.1 Å². The smallest absolute Gasteiger partial charge is 0.313 e. The molecule has 0 aromatic heterocycles. The third-order valence-corrected chi connectivity index (χ3v) is 6.24. The molecule has 0 spiro atoms. The standard InChI is InChI=1S/C16H20N2O5S/c1-11-4-3-5-12(6-11)14(19)17-7-13-8-18(24(2,22)23)10-16(13,9-17)15(20)21/h3-6,13H,7-10H2,1-2H3,(H,20,21)/t13-,16-/m0/s1. The van der Waals surface area contributed by atoms with Crippen molar-refractivity contribution in [2.24, 2.45) is 11.3 Å². The number of aliphatic carboxylic acids is 1. The van der Waals surface area contributed by atoms with Gasteiger partial charge >= 0.3 is 5.97 Å². The summed E-state index contributed by atoms with van der Waals surface area (Å²) in [5.41, 5.74) is 0.259. The first kappa shape index (κ1) is 16.9. The van der Waals surface area contributed by atoms with Crippen molar-refractivity contribution in [3.05, 3.63) is 35.4 Å². The zero-order valence-electron chi connectivity index (χ0n) is 13.6. The highest BCUT2D eigenvalue weighted by molar-refractivity contribution is 7.88. The number of carbonyl (C=O) groups is 2. The fourth-order valence-electron chi connectivity index (χ4n) is 3.69. The predicted octanol–water partition coefficient (Wildman–Crippen LogP) is 0.413. The molecule has 7 nitrogen and oxygen atoms in total. The number of rotatable bonds is 3. The Morgan fingerprint density at radius 1 is 1.25 bits per heavy atom. The molecule has 0 radical (unpaired) electrons. The van der Waals surface area contributed by atoms with Crippen molar-refractivity contribution in [1.29, 1.82) is 0 Å². The van der Waals surface area contributed by atoms with Gasteiger partial charge in [0.1, 0.15) is 5.41 Å². The van der Waals surface area contributed by atoms with Crippen LogP contribution in [0.15, 0.2) is 24.3 Å². The van der Waals surface area contributed by atoms with Gasteiger partial charge in [0.05, 0.1) is 6.26 Å². The van der Waals surface area contributed by atoms with E-state index in [0.29, 0.717) is 5.56 Å². The van der Waals surface area contributed by atoms with Crippen LogP contribution in [-0.2, 0) is 14.8 Å². The first-order valence-electron chi connectivity index (χ1n) is 7.68. The highest BCUT2D eigenvalue weighted by atomic mass is 32.2. The number of nitrogens with zero attached hydrogens (tertiary/aromatic N) is 2. The maximum atomic E-state index is 12.7. The third kappa shape index (κ3) is 2.69. The molecule has 0 saturated carbocycles. The summed E-state index contributed by atoms with van der Waals surface area (Å²) in [5, 5.41) is 9.71. The highest BCUT2D eigenvalue weighted by Gasteiger charge is 2.60. The fraction of sp³-hybridized carbons (Fsp3) is 0.500.